The zero-order valence-corrected chi connectivity index (χ0v) is 30.6. The molecule has 0 bridgehead atoms. The summed E-state index contributed by atoms with van der Waals surface area (Å²) in [6.07, 6.45) is 0. The Morgan fingerprint density at radius 2 is 1.04 bits per heavy atom. The fraction of sp³-hybridized carbons (Fsp3) is 0. The van der Waals surface area contributed by atoms with Crippen molar-refractivity contribution >= 4 is 81.3 Å². The van der Waals surface area contributed by atoms with Crippen molar-refractivity contribution in [3.8, 4) is 33.4 Å². The number of anilines is 3. The maximum Gasteiger partial charge on any atom is 0.143 e. The Balaban J connectivity index is 1.11. The van der Waals surface area contributed by atoms with Gasteiger partial charge in [-0.05, 0) is 82.2 Å². The van der Waals surface area contributed by atoms with E-state index in [1.54, 1.807) is 0 Å². The zero-order chi connectivity index (χ0) is 36.3. The molecule has 2 nitrogen and oxygen atoms in total. The maximum atomic E-state index is 6.66. The highest BCUT2D eigenvalue weighted by molar-refractivity contribution is 7.25. The van der Waals surface area contributed by atoms with Gasteiger partial charge in [-0.2, -0.15) is 0 Å². The number of hydrogen-bond acceptors (Lipinski definition) is 3. The van der Waals surface area contributed by atoms with E-state index in [0.29, 0.717) is 0 Å². The van der Waals surface area contributed by atoms with Crippen LogP contribution in [0.3, 0.4) is 0 Å². The summed E-state index contributed by atoms with van der Waals surface area (Å²) in [5.74, 6) is 0. The van der Waals surface area contributed by atoms with E-state index in [1.807, 2.05) is 11.3 Å². The molecule has 0 radical (unpaired) electrons. The maximum absolute atomic E-state index is 6.66. The van der Waals surface area contributed by atoms with Crippen molar-refractivity contribution in [3.63, 3.8) is 0 Å². The van der Waals surface area contributed by atoms with E-state index in [0.717, 1.165) is 61.1 Å². The standard InChI is InChI=1S/C52H33NOS/c1-2-13-35(14-3-1)39-16-6-9-21-46(39)53(38-29-25-34(26-30-38)37-28-32-50-45(33-37)42-19-8-11-24-49(42)55-50)47-22-10-7-18-41(47)43-20-12-23-48-51(43)44-31-27-36-15-4-5-17-40(36)52(44)54-48/h1-33H. The summed E-state index contributed by atoms with van der Waals surface area (Å²) < 4.78 is 9.30. The van der Waals surface area contributed by atoms with Gasteiger partial charge in [0.1, 0.15) is 11.2 Å². The smallest absolute Gasteiger partial charge is 0.143 e. The number of thiophene rings is 1. The first-order chi connectivity index (χ1) is 27.3. The Bertz CT molecular complexity index is 3210. The number of furan rings is 1. The van der Waals surface area contributed by atoms with Crippen LogP contribution in [0.2, 0.25) is 0 Å². The van der Waals surface area contributed by atoms with Crippen LogP contribution in [0.15, 0.2) is 205 Å². The van der Waals surface area contributed by atoms with Gasteiger partial charge in [-0.1, -0.05) is 146 Å². The number of hydrogen-bond donors (Lipinski definition) is 0. The largest absolute Gasteiger partial charge is 0.455 e. The quantitative estimate of drug-likeness (QED) is 0.170. The molecule has 0 aliphatic carbocycles. The monoisotopic (exact) mass is 719 g/mol. The van der Waals surface area contributed by atoms with E-state index in [9.17, 15) is 0 Å². The molecule has 9 aromatic carbocycles. The SMILES string of the molecule is c1ccc(-c2ccccc2N(c2ccc(-c3ccc4sc5ccccc5c4c3)cc2)c2ccccc2-c2cccc3oc4c5ccccc5ccc4c23)cc1. The minimum absolute atomic E-state index is 0.884. The first-order valence-corrected chi connectivity index (χ1v) is 19.5. The summed E-state index contributed by atoms with van der Waals surface area (Å²) >= 11 is 1.86. The lowest BCUT2D eigenvalue weighted by Crippen LogP contribution is -2.12. The summed E-state index contributed by atoms with van der Waals surface area (Å²) in [7, 11) is 0. The van der Waals surface area contributed by atoms with E-state index in [-0.39, 0.29) is 0 Å². The molecule has 11 aromatic rings. The molecule has 0 aliphatic heterocycles. The highest BCUT2D eigenvalue weighted by atomic mass is 32.1. The third-order valence-corrected chi connectivity index (χ3v) is 12.0. The Kier molecular flexibility index (Phi) is 7.39. The molecule has 0 saturated heterocycles. The summed E-state index contributed by atoms with van der Waals surface area (Å²) in [6.45, 7) is 0. The highest BCUT2D eigenvalue weighted by Gasteiger charge is 2.23. The number of fused-ring (bicyclic) bond motifs is 8. The topological polar surface area (TPSA) is 16.4 Å². The van der Waals surface area contributed by atoms with Crippen molar-refractivity contribution in [3.05, 3.63) is 200 Å². The Morgan fingerprint density at radius 1 is 0.382 bits per heavy atom. The van der Waals surface area contributed by atoms with Gasteiger partial charge < -0.3 is 9.32 Å². The fourth-order valence-electron chi connectivity index (χ4n) is 8.32. The lowest BCUT2D eigenvalue weighted by Gasteiger charge is -2.30. The third-order valence-electron chi connectivity index (χ3n) is 10.9. The molecule has 0 amide bonds. The van der Waals surface area contributed by atoms with Crippen molar-refractivity contribution in [2.75, 3.05) is 4.90 Å². The molecule has 0 unspecified atom stereocenters. The van der Waals surface area contributed by atoms with Crippen LogP contribution in [0, 0.1) is 0 Å². The van der Waals surface area contributed by atoms with E-state index >= 15 is 0 Å². The molecule has 3 heteroatoms. The minimum atomic E-state index is 0.884. The number of nitrogens with zero attached hydrogens (tertiary/aromatic N) is 1. The number of rotatable bonds is 6. The molecule has 55 heavy (non-hydrogen) atoms. The van der Waals surface area contributed by atoms with Crippen LogP contribution in [0.5, 0.6) is 0 Å². The van der Waals surface area contributed by atoms with Crippen LogP contribution >= 0.6 is 11.3 Å². The molecular formula is C52H33NOS. The van der Waals surface area contributed by atoms with E-state index in [4.69, 9.17) is 4.42 Å². The van der Waals surface area contributed by atoms with Gasteiger partial charge in [0.2, 0.25) is 0 Å². The van der Waals surface area contributed by atoms with Crippen molar-refractivity contribution in [2.45, 2.75) is 0 Å². The van der Waals surface area contributed by atoms with Crippen LogP contribution in [0.1, 0.15) is 0 Å². The molecule has 0 aliphatic rings. The van der Waals surface area contributed by atoms with Crippen molar-refractivity contribution in [1.82, 2.24) is 0 Å². The summed E-state index contributed by atoms with van der Waals surface area (Å²) in [6, 6.07) is 72.2. The molecule has 2 aromatic heterocycles. The van der Waals surface area contributed by atoms with Gasteiger partial charge in [0.15, 0.2) is 0 Å². The van der Waals surface area contributed by atoms with Gasteiger partial charge in [-0.15, -0.1) is 11.3 Å². The number of benzene rings is 9. The first kappa shape index (κ1) is 31.6. The van der Waals surface area contributed by atoms with E-state index in [2.05, 4.69) is 205 Å². The molecule has 0 N–H and O–H groups in total. The van der Waals surface area contributed by atoms with E-state index < -0.39 is 0 Å². The second-order valence-electron chi connectivity index (χ2n) is 14.0. The van der Waals surface area contributed by atoms with Gasteiger partial charge in [-0.3, -0.25) is 0 Å². The number of para-hydroxylation sites is 2. The lowest BCUT2D eigenvalue weighted by atomic mass is 9.95. The normalized spacial score (nSPS) is 11.6. The molecular weight excluding hydrogens is 687 g/mol. The summed E-state index contributed by atoms with van der Waals surface area (Å²) in [5, 5.41) is 7.17. The van der Waals surface area contributed by atoms with Crippen LogP contribution in [0.25, 0.3) is 86.3 Å². The van der Waals surface area contributed by atoms with Crippen LogP contribution < -0.4 is 4.90 Å². The minimum Gasteiger partial charge on any atom is -0.455 e. The molecule has 258 valence electrons. The highest BCUT2D eigenvalue weighted by Crippen LogP contribution is 2.48. The Hall–Kier alpha value is -6.94. The lowest BCUT2D eigenvalue weighted by molar-refractivity contribution is 0.673. The van der Waals surface area contributed by atoms with Gasteiger partial charge in [-0.25, -0.2) is 0 Å². The molecule has 0 saturated carbocycles. The predicted molar refractivity (Wildman–Crippen MR) is 235 cm³/mol. The second kappa shape index (κ2) is 12.9. The molecule has 0 fully saturated rings. The van der Waals surface area contributed by atoms with Crippen molar-refractivity contribution in [2.24, 2.45) is 0 Å². The van der Waals surface area contributed by atoms with Gasteiger partial charge in [0, 0.05) is 53.1 Å². The molecule has 2 heterocycles. The zero-order valence-electron chi connectivity index (χ0n) is 29.8. The van der Waals surface area contributed by atoms with Crippen LogP contribution in [-0.2, 0) is 0 Å². The third kappa shape index (κ3) is 5.24. The van der Waals surface area contributed by atoms with Crippen LogP contribution in [-0.4, -0.2) is 0 Å². The average molecular weight is 720 g/mol. The first-order valence-electron chi connectivity index (χ1n) is 18.7. The summed E-state index contributed by atoms with van der Waals surface area (Å²) in [4.78, 5) is 2.42. The molecule has 0 spiro atoms. The molecule has 0 atom stereocenters. The van der Waals surface area contributed by atoms with E-state index in [1.165, 1.54) is 42.2 Å². The summed E-state index contributed by atoms with van der Waals surface area (Å²) in [5.41, 5.74) is 12.1. The van der Waals surface area contributed by atoms with Gasteiger partial charge in [0.25, 0.3) is 0 Å². The Morgan fingerprint density at radius 3 is 1.89 bits per heavy atom. The van der Waals surface area contributed by atoms with Crippen molar-refractivity contribution < 1.29 is 4.42 Å². The van der Waals surface area contributed by atoms with Crippen molar-refractivity contribution in [1.29, 1.82) is 0 Å². The predicted octanol–water partition coefficient (Wildman–Crippen LogP) is 15.6. The van der Waals surface area contributed by atoms with Gasteiger partial charge in [0.05, 0.1) is 11.4 Å². The second-order valence-corrected chi connectivity index (χ2v) is 15.1. The van der Waals surface area contributed by atoms with Crippen LogP contribution in [0.4, 0.5) is 17.1 Å². The average Bonchev–Trinajstić information content (AvgIpc) is 3.83. The molecule has 11 rings (SSSR count). The Labute approximate surface area is 322 Å². The van der Waals surface area contributed by atoms with Gasteiger partial charge >= 0.3 is 0 Å². The fourth-order valence-corrected chi connectivity index (χ4v) is 9.41.